The van der Waals surface area contributed by atoms with Crippen LogP contribution in [0.4, 0.5) is 0 Å². The maximum Gasteiger partial charge on any atom is 0.247 e. The van der Waals surface area contributed by atoms with Crippen molar-refractivity contribution in [3.8, 4) is 17.2 Å². The maximum atomic E-state index is 13.5. The van der Waals surface area contributed by atoms with E-state index >= 15 is 0 Å². The lowest BCUT2D eigenvalue weighted by atomic mass is 9.66. The van der Waals surface area contributed by atoms with Crippen LogP contribution in [0.15, 0.2) is 48.5 Å². The molecule has 1 amide bonds. The molecule has 2 fully saturated rings. The monoisotopic (exact) mass is 449 g/mol. The van der Waals surface area contributed by atoms with Gasteiger partial charge >= 0.3 is 0 Å². The SMILES string of the molecule is CCOc1ccccc1[C@H]1[C@@H]2CCCC[C@@]2(O)CCN1C(=O)/C=C/c1ccc2c(c1)OCO2. The van der Waals surface area contributed by atoms with Crippen LogP contribution in [0.3, 0.4) is 0 Å². The van der Waals surface area contributed by atoms with Gasteiger partial charge in [0.1, 0.15) is 5.75 Å². The number of carbonyl (C=O) groups is 1. The van der Waals surface area contributed by atoms with Crippen molar-refractivity contribution in [2.75, 3.05) is 19.9 Å². The Kier molecular flexibility index (Phi) is 6.02. The molecule has 2 aliphatic heterocycles. The third-order valence-electron chi connectivity index (χ3n) is 7.20. The van der Waals surface area contributed by atoms with Gasteiger partial charge in [-0.2, -0.15) is 0 Å². The predicted octanol–water partition coefficient (Wildman–Crippen LogP) is 4.72. The number of piperidine rings is 1. The quantitative estimate of drug-likeness (QED) is 0.669. The predicted molar refractivity (Wildman–Crippen MR) is 125 cm³/mol. The summed E-state index contributed by atoms with van der Waals surface area (Å²) in [7, 11) is 0. The van der Waals surface area contributed by atoms with Crippen molar-refractivity contribution in [2.45, 2.75) is 50.7 Å². The van der Waals surface area contributed by atoms with Crippen LogP contribution < -0.4 is 14.2 Å². The van der Waals surface area contributed by atoms with Gasteiger partial charge in [0.2, 0.25) is 12.7 Å². The molecule has 2 heterocycles. The highest BCUT2D eigenvalue weighted by Gasteiger charge is 2.50. The fourth-order valence-corrected chi connectivity index (χ4v) is 5.61. The molecule has 174 valence electrons. The topological polar surface area (TPSA) is 68.2 Å². The number of nitrogens with zero attached hydrogens (tertiary/aromatic N) is 1. The molecular weight excluding hydrogens is 418 g/mol. The molecule has 2 aromatic rings. The summed E-state index contributed by atoms with van der Waals surface area (Å²) in [6, 6.07) is 13.4. The molecule has 0 bridgehead atoms. The van der Waals surface area contributed by atoms with Gasteiger partial charge in [0.05, 0.1) is 18.2 Å². The summed E-state index contributed by atoms with van der Waals surface area (Å²) in [5, 5.41) is 11.5. The molecule has 1 saturated carbocycles. The fraction of sp³-hybridized carbons (Fsp3) is 0.444. The van der Waals surface area contributed by atoms with Crippen molar-refractivity contribution in [2.24, 2.45) is 5.92 Å². The van der Waals surface area contributed by atoms with E-state index in [9.17, 15) is 9.90 Å². The van der Waals surface area contributed by atoms with Crippen molar-refractivity contribution in [3.63, 3.8) is 0 Å². The summed E-state index contributed by atoms with van der Waals surface area (Å²) >= 11 is 0. The molecule has 3 aliphatic rings. The number of ether oxygens (including phenoxy) is 3. The van der Waals surface area contributed by atoms with Crippen LogP contribution >= 0.6 is 0 Å². The Morgan fingerprint density at radius 3 is 2.91 bits per heavy atom. The van der Waals surface area contributed by atoms with Crippen LogP contribution in [0.5, 0.6) is 17.2 Å². The molecule has 0 radical (unpaired) electrons. The van der Waals surface area contributed by atoms with Crippen molar-refractivity contribution >= 4 is 12.0 Å². The largest absolute Gasteiger partial charge is 0.494 e. The molecule has 1 N–H and O–H groups in total. The average molecular weight is 450 g/mol. The van der Waals surface area contributed by atoms with Crippen molar-refractivity contribution in [1.82, 2.24) is 4.90 Å². The molecule has 0 spiro atoms. The van der Waals surface area contributed by atoms with E-state index in [1.807, 2.05) is 60.4 Å². The Morgan fingerprint density at radius 1 is 1.18 bits per heavy atom. The van der Waals surface area contributed by atoms with Crippen molar-refractivity contribution in [1.29, 1.82) is 0 Å². The van der Waals surface area contributed by atoms with E-state index in [0.717, 1.165) is 48.3 Å². The number of likely N-dealkylation sites (tertiary alicyclic amines) is 1. The van der Waals surface area contributed by atoms with Gasteiger partial charge in [-0.3, -0.25) is 4.79 Å². The number of benzene rings is 2. The van der Waals surface area contributed by atoms with E-state index in [0.29, 0.717) is 25.3 Å². The number of rotatable bonds is 5. The summed E-state index contributed by atoms with van der Waals surface area (Å²) in [5.41, 5.74) is 1.12. The number of hydrogen-bond donors (Lipinski definition) is 1. The van der Waals surface area contributed by atoms with E-state index in [4.69, 9.17) is 14.2 Å². The zero-order chi connectivity index (χ0) is 22.8. The molecule has 5 rings (SSSR count). The Morgan fingerprint density at radius 2 is 2.03 bits per heavy atom. The minimum atomic E-state index is -0.736. The minimum absolute atomic E-state index is 0.00972. The molecule has 2 aromatic carbocycles. The smallest absolute Gasteiger partial charge is 0.247 e. The van der Waals surface area contributed by atoms with Gasteiger partial charge in [0, 0.05) is 24.1 Å². The first-order chi connectivity index (χ1) is 16.1. The molecular formula is C27H31NO5. The highest BCUT2D eigenvalue weighted by atomic mass is 16.7. The van der Waals surface area contributed by atoms with E-state index < -0.39 is 5.60 Å². The van der Waals surface area contributed by atoms with Gasteiger partial charge in [-0.1, -0.05) is 37.1 Å². The van der Waals surface area contributed by atoms with Crippen LogP contribution in [-0.2, 0) is 4.79 Å². The lowest BCUT2D eigenvalue weighted by Gasteiger charge is -2.52. The molecule has 0 unspecified atom stereocenters. The molecule has 0 aromatic heterocycles. The highest BCUT2D eigenvalue weighted by molar-refractivity contribution is 5.92. The highest BCUT2D eigenvalue weighted by Crippen LogP contribution is 2.51. The summed E-state index contributed by atoms with van der Waals surface area (Å²) in [6.45, 7) is 3.26. The second-order valence-corrected chi connectivity index (χ2v) is 9.10. The van der Waals surface area contributed by atoms with E-state index in [1.165, 1.54) is 0 Å². The number of carbonyl (C=O) groups excluding carboxylic acids is 1. The lowest BCUT2D eigenvalue weighted by Crippen LogP contribution is -2.56. The van der Waals surface area contributed by atoms with Gasteiger partial charge in [0.25, 0.3) is 0 Å². The van der Waals surface area contributed by atoms with E-state index in [2.05, 4.69) is 0 Å². The molecule has 1 aliphatic carbocycles. The number of fused-ring (bicyclic) bond motifs is 2. The van der Waals surface area contributed by atoms with Crippen LogP contribution in [0.25, 0.3) is 6.08 Å². The number of aliphatic hydroxyl groups is 1. The Hall–Kier alpha value is -2.99. The Balaban J connectivity index is 1.46. The Bertz CT molecular complexity index is 1050. The van der Waals surface area contributed by atoms with E-state index in [-0.39, 0.29) is 24.7 Å². The van der Waals surface area contributed by atoms with Gasteiger partial charge in [-0.25, -0.2) is 0 Å². The molecule has 1 saturated heterocycles. The lowest BCUT2D eigenvalue weighted by molar-refractivity contribution is -0.151. The second kappa shape index (κ2) is 9.10. The van der Waals surface area contributed by atoms with Crippen LogP contribution in [-0.4, -0.2) is 41.5 Å². The summed E-state index contributed by atoms with van der Waals surface area (Å²) in [5.74, 6) is 2.13. The maximum absolute atomic E-state index is 13.5. The zero-order valence-electron chi connectivity index (χ0n) is 19.0. The van der Waals surface area contributed by atoms with Gasteiger partial charge in [-0.05, 0) is 56.0 Å². The number of para-hydroxylation sites is 1. The fourth-order valence-electron chi connectivity index (χ4n) is 5.61. The third-order valence-corrected chi connectivity index (χ3v) is 7.20. The van der Waals surface area contributed by atoms with E-state index in [1.54, 1.807) is 6.08 Å². The molecule has 6 nitrogen and oxygen atoms in total. The van der Waals surface area contributed by atoms with Crippen molar-refractivity contribution in [3.05, 3.63) is 59.7 Å². The average Bonchev–Trinajstić information content (AvgIpc) is 3.30. The Labute approximate surface area is 194 Å². The number of amides is 1. The second-order valence-electron chi connectivity index (χ2n) is 9.10. The minimum Gasteiger partial charge on any atom is -0.494 e. The molecule has 6 heteroatoms. The van der Waals surface area contributed by atoms with Crippen LogP contribution in [0.1, 0.15) is 56.2 Å². The van der Waals surface area contributed by atoms with Crippen LogP contribution in [0.2, 0.25) is 0 Å². The zero-order valence-corrected chi connectivity index (χ0v) is 19.0. The molecule has 33 heavy (non-hydrogen) atoms. The van der Waals surface area contributed by atoms with Crippen molar-refractivity contribution < 1.29 is 24.1 Å². The molecule has 3 atom stereocenters. The number of hydrogen-bond acceptors (Lipinski definition) is 5. The standard InChI is InChI=1S/C27H31NO5/c1-2-31-22-9-4-3-7-20(22)26-21-8-5-6-14-27(21,30)15-16-28(26)25(29)13-11-19-10-12-23-24(17-19)33-18-32-23/h3-4,7,9-13,17,21,26,30H,2,5-6,8,14-16,18H2,1H3/b13-11+/t21-,26-,27+/m0/s1. The summed E-state index contributed by atoms with van der Waals surface area (Å²) < 4.78 is 16.8. The van der Waals surface area contributed by atoms with Gasteiger partial charge < -0.3 is 24.2 Å². The van der Waals surface area contributed by atoms with Gasteiger partial charge in [-0.15, -0.1) is 0 Å². The first kappa shape index (κ1) is 21.8. The van der Waals surface area contributed by atoms with Crippen LogP contribution in [0, 0.1) is 5.92 Å². The third kappa shape index (κ3) is 4.20. The summed E-state index contributed by atoms with van der Waals surface area (Å²) in [4.78, 5) is 15.4. The normalized spacial score (nSPS) is 26.3. The van der Waals surface area contributed by atoms with Gasteiger partial charge in [0.15, 0.2) is 11.5 Å². The first-order valence-corrected chi connectivity index (χ1v) is 11.9. The first-order valence-electron chi connectivity index (χ1n) is 11.9. The summed E-state index contributed by atoms with van der Waals surface area (Å²) in [6.07, 6.45) is 7.84.